The first kappa shape index (κ1) is 29.2. The van der Waals surface area contributed by atoms with Gasteiger partial charge in [-0.1, -0.05) is 114 Å². The van der Waals surface area contributed by atoms with Gasteiger partial charge in [-0.25, -0.2) is 0 Å². The van der Waals surface area contributed by atoms with Crippen LogP contribution < -0.4 is 0 Å². The summed E-state index contributed by atoms with van der Waals surface area (Å²) in [6, 6.07) is 45.9. The quantitative estimate of drug-likeness (QED) is 0.182. The summed E-state index contributed by atoms with van der Waals surface area (Å²) < 4.78 is 5.40. The first-order chi connectivity index (χ1) is 22.0. The van der Waals surface area contributed by atoms with Crippen LogP contribution in [0.25, 0.3) is 73.7 Å². The minimum absolute atomic E-state index is 0.141. The van der Waals surface area contributed by atoms with E-state index in [2.05, 4.69) is 163 Å². The lowest BCUT2D eigenvalue weighted by Crippen LogP contribution is -2.10. The Bertz CT molecular complexity index is 2260. The van der Waals surface area contributed by atoms with Crippen LogP contribution in [0.4, 0.5) is 0 Å². The smallest absolute Gasteiger partial charge is 0.0361 e. The van der Waals surface area contributed by atoms with Crippen LogP contribution in [-0.2, 0) is 10.8 Å². The maximum Gasteiger partial charge on any atom is 0.0361 e. The molecule has 2 heterocycles. The highest BCUT2D eigenvalue weighted by molar-refractivity contribution is 7.26. The first-order valence-electron chi connectivity index (χ1n) is 16.2. The molecule has 0 N–H and O–H groups in total. The minimum atomic E-state index is 0.141. The molecule has 46 heavy (non-hydrogen) atoms. The van der Waals surface area contributed by atoms with Crippen molar-refractivity contribution in [2.75, 3.05) is 0 Å². The summed E-state index contributed by atoms with van der Waals surface area (Å²) in [4.78, 5) is 0. The molecule has 0 aliphatic carbocycles. The van der Waals surface area contributed by atoms with Gasteiger partial charge in [-0.15, -0.1) is 22.7 Å². The second-order valence-corrected chi connectivity index (χ2v) is 16.9. The Morgan fingerprint density at radius 2 is 0.696 bits per heavy atom. The molecule has 0 unspecified atom stereocenters. The zero-order valence-corrected chi connectivity index (χ0v) is 29.0. The molecule has 8 aromatic rings. The van der Waals surface area contributed by atoms with E-state index in [-0.39, 0.29) is 10.8 Å². The predicted octanol–water partition coefficient (Wildman–Crippen LogP) is 14.0. The van der Waals surface area contributed by atoms with Crippen LogP contribution in [-0.4, -0.2) is 0 Å². The molecule has 0 amide bonds. The van der Waals surface area contributed by atoms with Gasteiger partial charge >= 0.3 is 0 Å². The summed E-state index contributed by atoms with van der Waals surface area (Å²) in [6.07, 6.45) is 0. The Kier molecular flexibility index (Phi) is 6.76. The molecule has 0 saturated carbocycles. The van der Waals surface area contributed by atoms with Gasteiger partial charge in [0.2, 0.25) is 0 Å². The molecule has 226 valence electrons. The molecule has 0 aliphatic rings. The normalized spacial score (nSPS) is 12.6. The van der Waals surface area contributed by atoms with Gasteiger partial charge in [0.25, 0.3) is 0 Å². The Labute approximate surface area is 280 Å². The van der Waals surface area contributed by atoms with Gasteiger partial charge in [-0.2, -0.15) is 0 Å². The summed E-state index contributed by atoms with van der Waals surface area (Å²) in [5.74, 6) is 0. The summed E-state index contributed by atoms with van der Waals surface area (Å²) >= 11 is 3.79. The Morgan fingerprint density at radius 1 is 0.326 bits per heavy atom. The molecule has 0 aliphatic heterocycles. The molecular weight excluding hydrogens is 593 g/mol. The number of fused-ring (bicyclic) bond motifs is 6. The molecule has 0 spiro atoms. The third kappa shape index (κ3) is 5.14. The molecule has 2 heteroatoms. The standard InChI is InChI=1S/C44H38S2/c1-43(2,3)33-15-19-39-37(25-33)35-17-13-31(23-41(35)45-39)29-11-7-9-27(21-29)28-10-8-12-30(22-28)32-14-18-36-38-26-34(44(4,5)6)16-20-40(38)46-42(36)24-32/h7-26H,1-6H3. The van der Waals surface area contributed by atoms with Crippen molar-refractivity contribution in [3.05, 3.63) is 132 Å². The van der Waals surface area contributed by atoms with Gasteiger partial charge in [0.1, 0.15) is 0 Å². The second-order valence-electron chi connectivity index (χ2n) is 14.7. The lowest BCUT2D eigenvalue weighted by atomic mass is 9.86. The van der Waals surface area contributed by atoms with Crippen molar-refractivity contribution in [2.45, 2.75) is 52.4 Å². The largest absolute Gasteiger partial charge is 0.135 e. The van der Waals surface area contributed by atoms with Crippen LogP contribution in [0.15, 0.2) is 121 Å². The van der Waals surface area contributed by atoms with Crippen molar-refractivity contribution in [3.63, 3.8) is 0 Å². The minimum Gasteiger partial charge on any atom is -0.135 e. The summed E-state index contributed by atoms with van der Waals surface area (Å²) in [5, 5.41) is 5.44. The van der Waals surface area contributed by atoms with Crippen LogP contribution in [0.2, 0.25) is 0 Å². The van der Waals surface area contributed by atoms with Gasteiger partial charge in [-0.3, -0.25) is 0 Å². The van der Waals surface area contributed by atoms with Crippen LogP contribution in [0.5, 0.6) is 0 Å². The summed E-state index contributed by atoms with van der Waals surface area (Å²) in [5.41, 5.74) is 10.6. The van der Waals surface area contributed by atoms with E-state index in [0.717, 1.165) is 0 Å². The maximum atomic E-state index is 2.39. The fraction of sp³-hybridized carbons (Fsp3) is 0.182. The van der Waals surface area contributed by atoms with Crippen molar-refractivity contribution in [3.8, 4) is 33.4 Å². The predicted molar refractivity (Wildman–Crippen MR) is 206 cm³/mol. The molecule has 0 nitrogen and oxygen atoms in total. The fourth-order valence-corrected chi connectivity index (χ4v) is 8.85. The molecule has 0 fully saturated rings. The van der Waals surface area contributed by atoms with E-state index in [4.69, 9.17) is 0 Å². The molecule has 0 atom stereocenters. The third-order valence-electron chi connectivity index (χ3n) is 9.40. The topological polar surface area (TPSA) is 0 Å². The third-order valence-corrected chi connectivity index (χ3v) is 11.7. The number of hydrogen-bond donors (Lipinski definition) is 0. The van der Waals surface area contributed by atoms with E-state index in [1.54, 1.807) is 0 Å². The first-order valence-corrected chi connectivity index (χ1v) is 17.8. The van der Waals surface area contributed by atoms with Crippen LogP contribution in [0.1, 0.15) is 52.7 Å². The fourth-order valence-electron chi connectivity index (χ4n) is 6.60. The Hall–Kier alpha value is -4.24. The molecule has 2 aromatic heterocycles. The monoisotopic (exact) mass is 630 g/mol. The summed E-state index contributed by atoms with van der Waals surface area (Å²) in [7, 11) is 0. The van der Waals surface area contributed by atoms with E-state index in [1.165, 1.54) is 84.9 Å². The highest BCUT2D eigenvalue weighted by Crippen LogP contribution is 2.41. The van der Waals surface area contributed by atoms with Gasteiger partial charge in [0.15, 0.2) is 0 Å². The number of rotatable bonds is 3. The second kappa shape index (κ2) is 10.7. The van der Waals surface area contributed by atoms with Gasteiger partial charge < -0.3 is 0 Å². The van der Waals surface area contributed by atoms with E-state index in [9.17, 15) is 0 Å². The van der Waals surface area contributed by atoms with Crippen molar-refractivity contribution in [1.29, 1.82) is 0 Å². The Morgan fingerprint density at radius 3 is 1.07 bits per heavy atom. The van der Waals surface area contributed by atoms with E-state index < -0.39 is 0 Å². The van der Waals surface area contributed by atoms with Gasteiger partial charge in [-0.05, 0) is 104 Å². The zero-order valence-electron chi connectivity index (χ0n) is 27.4. The average molecular weight is 631 g/mol. The highest BCUT2D eigenvalue weighted by atomic mass is 32.1. The lowest BCUT2D eigenvalue weighted by Gasteiger charge is -2.18. The number of benzene rings is 6. The molecule has 8 rings (SSSR count). The SMILES string of the molecule is CC(C)(C)c1ccc2sc3cc(-c4cccc(-c5cccc(-c6ccc7c(c6)sc6ccc(C(C)(C)C)cc67)c5)c4)ccc3c2c1. The van der Waals surface area contributed by atoms with Crippen molar-refractivity contribution in [2.24, 2.45) is 0 Å². The van der Waals surface area contributed by atoms with Crippen LogP contribution in [0.3, 0.4) is 0 Å². The molecule has 0 radical (unpaired) electrons. The maximum absolute atomic E-state index is 2.39. The summed E-state index contributed by atoms with van der Waals surface area (Å²) in [6.45, 7) is 13.7. The van der Waals surface area contributed by atoms with Crippen molar-refractivity contribution < 1.29 is 0 Å². The van der Waals surface area contributed by atoms with Gasteiger partial charge in [0.05, 0.1) is 0 Å². The van der Waals surface area contributed by atoms with Crippen molar-refractivity contribution >= 4 is 63.0 Å². The number of thiophene rings is 2. The molecule has 6 aromatic carbocycles. The number of hydrogen-bond acceptors (Lipinski definition) is 2. The molecular formula is C44H38S2. The van der Waals surface area contributed by atoms with Crippen LogP contribution >= 0.6 is 22.7 Å². The van der Waals surface area contributed by atoms with E-state index >= 15 is 0 Å². The van der Waals surface area contributed by atoms with Gasteiger partial charge in [0, 0.05) is 40.3 Å². The zero-order chi connectivity index (χ0) is 31.8. The Balaban J connectivity index is 1.13. The highest BCUT2D eigenvalue weighted by Gasteiger charge is 2.17. The molecule has 0 saturated heterocycles. The average Bonchev–Trinajstić information content (AvgIpc) is 3.60. The van der Waals surface area contributed by atoms with Crippen LogP contribution in [0, 0.1) is 0 Å². The van der Waals surface area contributed by atoms with E-state index in [1.807, 2.05) is 22.7 Å². The lowest BCUT2D eigenvalue weighted by molar-refractivity contribution is 0.591. The van der Waals surface area contributed by atoms with Crippen molar-refractivity contribution in [1.82, 2.24) is 0 Å². The molecule has 0 bridgehead atoms. The van der Waals surface area contributed by atoms with E-state index in [0.29, 0.717) is 0 Å².